The van der Waals surface area contributed by atoms with Crippen LogP contribution in [0.4, 0.5) is 5.69 Å². The van der Waals surface area contributed by atoms with Crippen molar-refractivity contribution in [3.8, 4) is 6.07 Å². The second-order valence-electron chi connectivity index (χ2n) is 5.87. The number of rotatable bonds is 4. The van der Waals surface area contributed by atoms with E-state index in [4.69, 9.17) is 40.5 Å². The number of benzene rings is 2. The van der Waals surface area contributed by atoms with E-state index in [2.05, 4.69) is 0 Å². The molecule has 2 amide bonds. The lowest BCUT2D eigenvalue weighted by Gasteiger charge is -2.18. The maximum atomic E-state index is 13.1. The number of nitrogens with zero attached hydrogens (tertiary/aromatic N) is 2. The zero-order valence-corrected chi connectivity index (χ0v) is 17.2. The first-order chi connectivity index (χ1) is 13.3. The number of halogens is 3. The van der Waals surface area contributed by atoms with Crippen LogP contribution in [0.1, 0.15) is 5.56 Å². The molecule has 0 bridgehead atoms. The summed E-state index contributed by atoms with van der Waals surface area (Å²) in [5.74, 6) is -1.17. The van der Waals surface area contributed by atoms with E-state index in [1.165, 1.54) is 4.90 Å². The molecule has 1 heterocycles. The van der Waals surface area contributed by atoms with Crippen LogP contribution < -0.4 is 10.6 Å². The first kappa shape index (κ1) is 20.6. The molecule has 9 heteroatoms. The highest BCUT2D eigenvalue weighted by Gasteiger charge is 2.40. The van der Waals surface area contributed by atoms with Crippen LogP contribution >= 0.6 is 46.6 Å². The molecule has 1 aliphatic rings. The van der Waals surface area contributed by atoms with E-state index < -0.39 is 11.2 Å². The maximum absolute atomic E-state index is 13.1. The van der Waals surface area contributed by atoms with Gasteiger partial charge in [-0.3, -0.25) is 14.5 Å². The van der Waals surface area contributed by atoms with E-state index in [0.29, 0.717) is 27.2 Å². The Morgan fingerprint density at radius 1 is 1.14 bits per heavy atom. The fourth-order valence-corrected chi connectivity index (χ4v) is 4.47. The molecule has 1 aliphatic heterocycles. The van der Waals surface area contributed by atoms with Crippen molar-refractivity contribution in [2.24, 2.45) is 5.73 Å². The molecular weight excluding hydrogens is 441 g/mol. The standard InChI is InChI=1S/C19H12Cl3N3O2S/c20-11-2-4-12(5-3-11)25-18(27)16(28-19(25)13(9-23)17(24)26)8-10-1-6-14(21)15(22)7-10/h1-7,16H,8H2,(H2,24,26)/b19-13+/t16-/m0/s1. The molecule has 1 fully saturated rings. The Kier molecular flexibility index (Phi) is 6.21. The third kappa shape index (κ3) is 4.13. The van der Waals surface area contributed by atoms with Crippen LogP contribution in [0.2, 0.25) is 15.1 Å². The number of amides is 2. The van der Waals surface area contributed by atoms with Crippen LogP contribution in [0.15, 0.2) is 53.1 Å². The quantitative estimate of drug-likeness (QED) is 0.544. The molecule has 0 aromatic heterocycles. The molecule has 28 heavy (non-hydrogen) atoms. The van der Waals surface area contributed by atoms with Gasteiger partial charge in [0, 0.05) is 10.7 Å². The van der Waals surface area contributed by atoms with Gasteiger partial charge in [-0.1, -0.05) is 52.6 Å². The van der Waals surface area contributed by atoms with Crippen molar-refractivity contribution in [2.45, 2.75) is 11.7 Å². The Hall–Kier alpha value is -2.17. The number of nitrogens with two attached hydrogens (primary N) is 1. The Morgan fingerprint density at radius 2 is 1.82 bits per heavy atom. The van der Waals surface area contributed by atoms with Gasteiger partial charge in [0.2, 0.25) is 5.91 Å². The maximum Gasteiger partial charge on any atom is 0.262 e. The summed E-state index contributed by atoms with van der Waals surface area (Å²) in [5.41, 5.74) is 6.36. The van der Waals surface area contributed by atoms with Gasteiger partial charge in [0.1, 0.15) is 16.7 Å². The second-order valence-corrected chi connectivity index (χ2v) is 8.31. The summed E-state index contributed by atoms with van der Waals surface area (Å²) in [6.45, 7) is 0. The molecule has 2 aromatic carbocycles. The number of hydrogen-bond acceptors (Lipinski definition) is 4. The van der Waals surface area contributed by atoms with Gasteiger partial charge in [-0.05, 0) is 48.4 Å². The van der Waals surface area contributed by atoms with Gasteiger partial charge in [-0.25, -0.2) is 0 Å². The van der Waals surface area contributed by atoms with E-state index in [1.807, 2.05) is 0 Å². The fourth-order valence-electron chi connectivity index (χ4n) is 2.71. The van der Waals surface area contributed by atoms with Crippen molar-refractivity contribution in [2.75, 3.05) is 4.90 Å². The Morgan fingerprint density at radius 3 is 2.39 bits per heavy atom. The zero-order valence-electron chi connectivity index (χ0n) is 14.2. The van der Waals surface area contributed by atoms with Gasteiger partial charge in [0.05, 0.1) is 15.3 Å². The lowest BCUT2D eigenvalue weighted by molar-refractivity contribution is -0.117. The van der Waals surface area contributed by atoms with E-state index in [0.717, 1.165) is 17.3 Å². The highest BCUT2D eigenvalue weighted by molar-refractivity contribution is 8.05. The average Bonchev–Trinajstić information content (AvgIpc) is 2.95. The number of carbonyl (C=O) groups is 2. The van der Waals surface area contributed by atoms with E-state index in [9.17, 15) is 14.9 Å². The number of hydrogen-bond donors (Lipinski definition) is 1. The minimum atomic E-state index is -0.896. The van der Waals surface area contributed by atoms with E-state index in [1.54, 1.807) is 48.5 Å². The summed E-state index contributed by atoms with van der Waals surface area (Å²) >= 11 is 19.0. The zero-order chi connectivity index (χ0) is 20.4. The molecule has 2 N–H and O–H groups in total. The van der Waals surface area contributed by atoms with Crippen LogP contribution in [0.3, 0.4) is 0 Å². The van der Waals surface area contributed by atoms with Crippen molar-refractivity contribution in [3.05, 3.63) is 73.7 Å². The molecule has 1 atom stereocenters. The predicted octanol–water partition coefficient (Wildman–Crippen LogP) is 4.56. The summed E-state index contributed by atoms with van der Waals surface area (Å²) in [5, 5.41) is 10.3. The summed E-state index contributed by atoms with van der Waals surface area (Å²) in [4.78, 5) is 26.2. The molecule has 0 spiro atoms. The molecule has 0 aliphatic carbocycles. The smallest absolute Gasteiger partial charge is 0.262 e. The summed E-state index contributed by atoms with van der Waals surface area (Å²) in [6.07, 6.45) is 0.339. The van der Waals surface area contributed by atoms with E-state index >= 15 is 0 Å². The van der Waals surface area contributed by atoms with Crippen LogP contribution in [0.25, 0.3) is 0 Å². The number of thioether (sulfide) groups is 1. The number of carbonyl (C=O) groups excluding carboxylic acids is 2. The molecule has 0 saturated carbocycles. The summed E-state index contributed by atoms with van der Waals surface area (Å²) in [6, 6.07) is 13.4. The molecule has 5 nitrogen and oxygen atoms in total. The lowest BCUT2D eigenvalue weighted by atomic mass is 10.1. The van der Waals surface area contributed by atoms with Gasteiger partial charge in [-0.15, -0.1) is 0 Å². The second kappa shape index (κ2) is 8.46. The van der Waals surface area contributed by atoms with Crippen molar-refractivity contribution >= 4 is 64.1 Å². The van der Waals surface area contributed by atoms with Gasteiger partial charge in [0.25, 0.3) is 5.91 Å². The number of anilines is 1. The Bertz CT molecular complexity index is 1030. The van der Waals surface area contributed by atoms with Crippen molar-refractivity contribution in [1.82, 2.24) is 0 Å². The first-order valence-corrected chi connectivity index (χ1v) is 9.97. The van der Waals surface area contributed by atoms with Crippen LogP contribution in [-0.4, -0.2) is 17.1 Å². The summed E-state index contributed by atoms with van der Waals surface area (Å²) in [7, 11) is 0. The van der Waals surface area contributed by atoms with Crippen molar-refractivity contribution in [3.63, 3.8) is 0 Å². The van der Waals surface area contributed by atoms with Crippen LogP contribution in [-0.2, 0) is 16.0 Å². The predicted molar refractivity (Wildman–Crippen MR) is 112 cm³/mol. The SMILES string of the molecule is N#C/C(C(N)=O)=C1\S[C@@H](Cc2ccc(Cl)c(Cl)c2)C(=O)N1c1ccc(Cl)cc1. The molecule has 3 rings (SSSR count). The van der Waals surface area contributed by atoms with Crippen LogP contribution in [0, 0.1) is 11.3 Å². The minimum Gasteiger partial charge on any atom is -0.365 e. The van der Waals surface area contributed by atoms with Crippen molar-refractivity contribution < 1.29 is 9.59 Å². The topological polar surface area (TPSA) is 87.2 Å². The molecule has 142 valence electrons. The average molecular weight is 453 g/mol. The number of nitriles is 1. The summed E-state index contributed by atoms with van der Waals surface area (Å²) < 4.78 is 0. The third-order valence-electron chi connectivity index (χ3n) is 4.01. The fraction of sp³-hybridized carbons (Fsp3) is 0.105. The highest BCUT2D eigenvalue weighted by Crippen LogP contribution is 2.42. The van der Waals surface area contributed by atoms with E-state index in [-0.39, 0.29) is 16.5 Å². The largest absolute Gasteiger partial charge is 0.365 e. The van der Waals surface area contributed by atoms with Gasteiger partial charge in [-0.2, -0.15) is 5.26 Å². The van der Waals surface area contributed by atoms with Gasteiger partial charge in [0.15, 0.2) is 0 Å². The normalized spacial score (nSPS) is 18.1. The molecule has 1 saturated heterocycles. The minimum absolute atomic E-state index is 0.201. The molecule has 0 unspecified atom stereocenters. The third-order valence-corrected chi connectivity index (χ3v) is 6.27. The Labute approximate surface area is 180 Å². The van der Waals surface area contributed by atoms with Gasteiger partial charge < -0.3 is 5.73 Å². The monoisotopic (exact) mass is 451 g/mol. The molecular formula is C19H12Cl3N3O2S. The molecule has 2 aromatic rings. The van der Waals surface area contributed by atoms with Crippen molar-refractivity contribution in [1.29, 1.82) is 5.26 Å². The molecule has 0 radical (unpaired) electrons. The van der Waals surface area contributed by atoms with Gasteiger partial charge >= 0.3 is 0 Å². The Balaban J connectivity index is 2.02. The lowest BCUT2D eigenvalue weighted by Crippen LogP contribution is -2.31. The van der Waals surface area contributed by atoms with Crippen LogP contribution in [0.5, 0.6) is 0 Å². The first-order valence-electron chi connectivity index (χ1n) is 7.96. The number of primary amides is 1. The highest BCUT2D eigenvalue weighted by atomic mass is 35.5.